The molecule has 1 aromatic carbocycles. The molecule has 160 valence electrons. The molecule has 0 radical (unpaired) electrons. The van der Waals surface area contributed by atoms with Crippen LogP contribution < -0.4 is 19.8 Å². The Morgan fingerprint density at radius 3 is 2.94 bits per heavy atom. The Bertz CT molecular complexity index is 1130. The lowest BCUT2D eigenvalue weighted by atomic mass is 9.94. The number of aromatic nitrogens is 3. The quantitative estimate of drug-likeness (QED) is 0.679. The average molecular weight is 420 g/mol. The molecule has 0 amide bonds. The number of ether oxygens (including phenoxy) is 3. The Morgan fingerprint density at radius 2 is 2.13 bits per heavy atom. The highest BCUT2D eigenvalue weighted by atomic mass is 16.7. The molecule has 1 N–H and O–H groups in total. The number of nitrogens with zero attached hydrogens (tertiary/aromatic N) is 3. The number of likely N-dealkylation sites (tertiary alicyclic amines) is 1. The molecule has 3 aromatic rings. The zero-order valence-electron chi connectivity index (χ0n) is 17.3. The van der Waals surface area contributed by atoms with Crippen molar-refractivity contribution >= 4 is 0 Å². The van der Waals surface area contributed by atoms with Gasteiger partial charge >= 0.3 is 0 Å². The minimum absolute atomic E-state index is 0.140. The molecule has 2 aliphatic rings. The topological polar surface area (TPSA) is 89.6 Å². The van der Waals surface area contributed by atoms with Gasteiger partial charge in [-0.1, -0.05) is 0 Å². The van der Waals surface area contributed by atoms with E-state index in [1.165, 1.54) is 0 Å². The molecule has 2 aromatic heterocycles. The summed E-state index contributed by atoms with van der Waals surface area (Å²) in [5.41, 5.74) is 2.55. The van der Waals surface area contributed by atoms with Crippen LogP contribution in [0.25, 0.3) is 11.4 Å². The van der Waals surface area contributed by atoms with Crippen molar-refractivity contribution in [1.29, 1.82) is 0 Å². The van der Waals surface area contributed by atoms with Gasteiger partial charge in [0.25, 0.3) is 5.56 Å². The van der Waals surface area contributed by atoms with Crippen molar-refractivity contribution in [2.75, 3.05) is 27.0 Å². The number of pyridine rings is 1. The van der Waals surface area contributed by atoms with Crippen molar-refractivity contribution in [3.63, 3.8) is 0 Å². The van der Waals surface area contributed by atoms with Gasteiger partial charge in [0, 0.05) is 54.7 Å². The lowest BCUT2D eigenvalue weighted by molar-refractivity contribution is 0.173. The number of aromatic amines is 1. The van der Waals surface area contributed by atoms with Gasteiger partial charge in [-0.25, -0.2) is 4.98 Å². The van der Waals surface area contributed by atoms with E-state index >= 15 is 0 Å². The second-order valence-corrected chi connectivity index (χ2v) is 7.85. The van der Waals surface area contributed by atoms with Crippen LogP contribution in [-0.4, -0.2) is 46.8 Å². The molecule has 31 heavy (non-hydrogen) atoms. The van der Waals surface area contributed by atoms with Gasteiger partial charge in [0.2, 0.25) is 6.79 Å². The maximum absolute atomic E-state index is 12.3. The molecule has 0 saturated carbocycles. The number of piperidine rings is 1. The molecule has 0 bridgehead atoms. The Morgan fingerprint density at radius 1 is 1.26 bits per heavy atom. The van der Waals surface area contributed by atoms with E-state index in [2.05, 4.69) is 14.9 Å². The summed E-state index contributed by atoms with van der Waals surface area (Å²) in [6.07, 6.45) is 5.45. The number of rotatable bonds is 5. The van der Waals surface area contributed by atoms with Crippen molar-refractivity contribution in [2.45, 2.75) is 25.3 Å². The molecule has 1 atom stereocenters. The zero-order chi connectivity index (χ0) is 21.2. The molecule has 4 heterocycles. The maximum Gasteiger partial charge on any atom is 0.251 e. The number of fused-ring (bicyclic) bond motifs is 1. The summed E-state index contributed by atoms with van der Waals surface area (Å²) < 4.78 is 16.6. The fraction of sp³-hybridized carbons (Fsp3) is 0.348. The Hall–Kier alpha value is -3.39. The Kier molecular flexibility index (Phi) is 5.30. The molecule has 8 heteroatoms. The predicted molar refractivity (Wildman–Crippen MR) is 114 cm³/mol. The lowest BCUT2D eigenvalue weighted by Crippen LogP contribution is -2.34. The molecule has 1 fully saturated rings. The van der Waals surface area contributed by atoms with Crippen molar-refractivity contribution in [3.8, 4) is 28.6 Å². The zero-order valence-corrected chi connectivity index (χ0v) is 17.3. The molecule has 2 aliphatic heterocycles. The number of nitrogens with one attached hydrogen (secondary N) is 1. The van der Waals surface area contributed by atoms with Gasteiger partial charge in [0.1, 0.15) is 11.6 Å². The van der Waals surface area contributed by atoms with Crippen LogP contribution in [0.2, 0.25) is 0 Å². The van der Waals surface area contributed by atoms with Gasteiger partial charge in [0.05, 0.1) is 12.8 Å². The van der Waals surface area contributed by atoms with Crippen LogP contribution in [0, 0.1) is 0 Å². The Labute approximate surface area is 179 Å². The van der Waals surface area contributed by atoms with Gasteiger partial charge < -0.3 is 19.2 Å². The summed E-state index contributed by atoms with van der Waals surface area (Å²) in [5, 5.41) is 0. The maximum atomic E-state index is 12.3. The standard InChI is InChI=1S/C23H24N4O4/c1-29-19-10-21-20(30-14-31-21)8-17(19)13-27-7-3-5-16(12-27)18-9-22(28)26-23(25-18)15-4-2-6-24-11-15/h2,4,6,8-11,16H,3,5,7,12-14H2,1H3,(H,25,26,28). The van der Waals surface area contributed by atoms with Crippen molar-refractivity contribution in [1.82, 2.24) is 19.9 Å². The van der Waals surface area contributed by atoms with E-state index in [-0.39, 0.29) is 18.3 Å². The highest BCUT2D eigenvalue weighted by Crippen LogP contribution is 2.39. The van der Waals surface area contributed by atoms with Crippen LogP contribution in [-0.2, 0) is 6.54 Å². The highest BCUT2D eigenvalue weighted by molar-refractivity contribution is 5.53. The first kappa shape index (κ1) is 19.6. The predicted octanol–water partition coefficient (Wildman–Crippen LogP) is 2.95. The smallest absolute Gasteiger partial charge is 0.251 e. The van der Waals surface area contributed by atoms with Crippen molar-refractivity contribution in [3.05, 3.63) is 64.3 Å². The average Bonchev–Trinajstić information content (AvgIpc) is 3.26. The van der Waals surface area contributed by atoms with Crippen LogP contribution in [0.5, 0.6) is 17.2 Å². The molecular weight excluding hydrogens is 396 g/mol. The molecule has 5 rings (SSSR count). The van der Waals surface area contributed by atoms with Crippen LogP contribution in [0.4, 0.5) is 0 Å². The van der Waals surface area contributed by atoms with E-state index in [9.17, 15) is 4.79 Å². The second kappa shape index (κ2) is 8.39. The molecule has 1 unspecified atom stereocenters. The van der Waals surface area contributed by atoms with E-state index < -0.39 is 0 Å². The van der Waals surface area contributed by atoms with Crippen LogP contribution >= 0.6 is 0 Å². The number of H-pyrrole nitrogens is 1. The van der Waals surface area contributed by atoms with E-state index in [0.717, 1.165) is 60.8 Å². The normalized spacial score (nSPS) is 18.2. The SMILES string of the molecule is COc1cc2c(cc1CN1CCCC(c3cc(=O)[nH]c(-c4cccnc4)n3)C1)OCO2. The largest absolute Gasteiger partial charge is 0.496 e. The van der Waals surface area contributed by atoms with Crippen LogP contribution in [0.1, 0.15) is 30.0 Å². The third kappa shape index (κ3) is 4.11. The summed E-state index contributed by atoms with van der Waals surface area (Å²) in [5.74, 6) is 3.01. The van der Waals surface area contributed by atoms with E-state index in [0.29, 0.717) is 11.6 Å². The van der Waals surface area contributed by atoms with Crippen molar-refractivity contribution in [2.24, 2.45) is 0 Å². The monoisotopic (exact) mass is 420 g/mol. The number of hydrogen-bond donors (Lipinski definition) is 1. The fourth-order valence-electron chi connectivity index (χ4n) is 4.29. The third-order valence-corrected chi connectivity index (χ3v) is 5.79. The fourth-order valence-corrected chi connectivity index (χ4v) is 4.29. The van der Waals surface area contributed by atoms with Gasteiger partial charge in [-0.15, -0.1) is 0 Å². The first-order valence-corrected chi connectivity index (χ1v) is 10.4. The highest BCUT2D eigenvalue weighted by Gasteiger charge is 2.25. The molecule has 8 nitrogen and oxygen atoms in total. The second-order valence-electron chi connectivity index (χ2n) is 7.85. The van der Waals surface area contributed by atoms with E-state index in [1.807, 2.05) is 24.3 Å². The van der Waals surface area contributed by atoms with Gasteiger partial charge in [-0.05, 0) is 37.6 Å². The minimum atomic E-state index is -0.140. The number of hydrogen-bond acceptors (Lipinski definition) is 7. The van der Waals surface area contributed by atoms with E-state index in [1.54, 1.807) is 25.6 Å². The van der Waals surface area contributed by atoms with E-state index in [4.69, 9.17) is 19.2 Å². The molecular formula is C23H24N4O4. The first-order chi connectivity index (χ1) is 15.2. The van der Waals surface area contributed by atoms with Gasteiger partial charge in [0.15, 0.2) is 11.5 Å². The van der Waals surface area contributed by atoms with Crippen LogP contribution in [0.15, 0.2) is 47.5 Å². The van der Waals surface area contributed by atoms with Gasteiger partial charge in [-0.3, -0.25) is 14.7 Å². The number of benzene rings is 1. The molecule has 0 aliphatic carbocycles. The summed E-state index contributed by atoms with van der Waals surface area (Å²) >= 11 is 0. The number of methoxy groups -OCH3 is 1. The molecule has 1 saturated heterocycles. The summed E-state index contributed by atoms with van der Waals surface area (Å²) in [7, 11) is 1.67. The first-order valence-electron chi connectivity index (χ1n) is 10.4. The third-order valence-electron chi connectivity index (χ3n) is 5.79. The summed E-state index contributed by atoms with van der Waals surface area (Å²) in [6, 6.07) is 9.24. The van der Waals surface area contributed by atoms with Crippen molar-refractivity contribution < 1.29 is 14.2 Å². The Balaban J connectivity index is 1.37. The van der Waals surface area contributed by atoms with Crippen LogP contribution in [0.3, 0.4) is 0 Å². The molecule has 0 spiro atoms. The summed E-state index contributed by atoms with van der Waals surface area (Å²) in [6.45, 7) is 2.77. The lowest BCUT2D eigenvalue weighted by Gasteiger charge is -2.32. The van der Waals surface area contributed by atoms with Gasteiger partial charge in [-0.2, -0.15) is 0 Å². The minimum Gasteiger partial charge on any atom is -0.496 e. The summed E-state index contributed by atoms with van der Waals surface area (Å²) in [4.78, 5) is 26.4.